The molecule has 1 amide bonds. The number of carbonyl (C=O) groups is 1. The van der Waals surface area contributed by atoms with Crippen LogP contribution in [-0.2, 0) is 21.4 Å². The van der Waals surface area contributed by atoms with Gasteiger partial charge in [-0.25, -0.2) is 13.6 Å². The van der Waals surface area contributed by atoms with Gasteiger partial charge < -0.3 is 5.32 Å². The number of nitrogens with two attached hydrogens (primary N) is 1. The Bertz CT molecular complexity index is 608. The minimum Gasteiger partial charge on any atom is -0.352 e. The summed E-state index contributed by atoms with van der Waals surface area (Å²) in [6.45, 7) is 4.42. The highest BCUT2D eigenvalue weighted by molar-refractivity contribution is 7.89. The number of hydrogen-bond donors (Lipinski definition) is 2. The highest BCUT2D eigenvalue weighted by atomic mass is 32.2. The van der Waals surface area contributed by atoms with Crippen LogP contribution < -0.4 is 10.5 Å². The highest BCUT2D eigenvalue weighted by Crippen LogP contribution is 2.51. The predicted molar refractivity (Wildman–Crippen MR) is 71.5 cm³/mol. The largest absolute Gasteiger partial charge is 0.352 e. The average molecular weight is 282 g/mol. The number of sulfonamides is 1. The molecule has 0 aliphatic heterocycles. The minimum absolute atomic E-state index is 0.0195. The third kappa shape index (κ3) is 3.33. The normalized spacial score (nSPS) is 20.9. The molecule has 1 saturated carbocycles. The van der Waals surface area contributed by atoms with Crippen molar-refractivity contribution in [2.24, 2.45) is 16.5 Å². The van der Waals surface area contributed by atoms with E-state index in [0.717, 1.165) is 12.0 Å². The van der Waals surface area contributed by atoms with Crippen LogP contribution in [0.2, 0.25) is 0 Å². The number of nitrogens with one attached hydrogen (secondary N) is 1. The summed E-state index contributed by atoms with van der Waals surface area (Å²) in [5.74, 6) is 0.0833. The molecule has 1 fully saturated rings. The third-order valence-corrected chi connectivity index (χ3v) is 4.43. The lowest BCUT2D eigenvalue weighted by Crippen LogP contribution is -2.26. The number of amides is 1. The maximum absolute atomic E-state index is 11.8. The molecule has 0 spiro atoms. The van der Waals surface area contributed by atoms with Crippen LogP contribution in [0.25, 0.3) is 0 Å². The number of rotatable bonds is 4. The first-order valence-electron chi connectivity index (χ1n) is 6.09. The molecule has 2 rings (SSSR count). The van der Waals surface area contributed by atoms with Gasteiger partial charge >= 0.3 is 0 Å². The first-order chi connectivity index (χ1) is 8.70. The monoisotopic (exact) mass is 282 g/mol. The summed E-state index contributed by atoms with van der Waals surface area (Å²) >= 11 is 0. The van der Waals surface area contributed by atoms with Gasteiger partial charge in [0.2, 0.25) is 15.9 Å². The van der Waals surface area contributed by atoms with Crippen molar-refractivity contribution in [3.05, 3.63) is 29.8 Å². The molecular weight excluding hydrogens is 264 g/mol. The van der Waals surface area contributed by atoms with Crippen molar-refractivity contribution >= 4 is 15.9 Å². The van der Waals surface area contributed by atoms with E-state index in [4.69, 9.17) is 5.14 Å². The number of hydrogen-bond acceptors (Lipinski definition) is 3. The van der Waals surface area contributed by atoms with Crippen molar-refractivity contribution in [2.75, 3.05) is 0 Å². The summed E-state index contributed by atoms with van der Waals surface area (Å²) in [5, 5.41) is 7.88. The zero-order valence-electron chi connectivity index (χ0n) is 11.0. The maximum Gasteiger partial charge on any atom is 0.238 e. The lowest BCUT2D eigenvalue weighted by atomic mass is 10.1. The van der Waals surface area contributed by atoms with E-state index in [1.807, 2.05) is 0 Å². The number of benzene rings is 1. The van der Waals surface area contributed by atoms with Gasteiger partial charge in [0.05, 0.1) is 4.90 Å². The van der Waals surface area contributed by atoms with E-state index in [-0.39, 0.29) is 22.1 Å². The molecule has 1 atom stereocenters. The van der Waals surface area contributed by atoms with E-state index in [0.29, 0.717) is 6.54 Å². The van der Waals surface area contributed by atoms with E-state index in [2.05, 4.69) is 19.2 Å². The van der Waals surface area contributed by atoms with E-state index >= 15 is 0 Å². The van der Waals surface area contributed by atoms with Gasteiger partial charge in [-0.05, 0) is 29.5 Å². The van der Waals surface area contributed by atoms with Gasteiger partial charge in [0.1, 0.15) is 0 Å². The van der Waals surface area contributed by atoms with Crippen LogP contribution in [0, 0.1) is 11.3 Å². The van der Waals surface area contributed by atoms with E-state index in [9.17, 15) is 13.2 Å². The Hall–Kier alpha value is -1.40. The molecule has 6 heteroatoms. The second-order valence-electron chi connectivity index (χ2n) is 5.66. The van der Waals surface area contributed by atoms with Gasteiger partial charge in [-0.1, -0.05) is 26.0 Å². The van der Waals surface area contributed by atoms with Crippen molar-refractivity contribution in [1.29, 1.82) is 0 Å². The van der Waals surface area contributed by atoms with Crippen LogP contribution in [-0.4, -0.2) is 14.3 Å². The summed E-state index contributed by atoms with van der Waals surface area (Å²) in [5.41, 5.74) is 0.810. The van der Waals surface area contributed by atoms with Gasteiger partial charge in [-0.3, -0.25) is 4.79 Å². The molecule has 1 unspecified atom stereocenters. The van der Waals surface area contributed by atoms with Gasteiger partial charge in [-0.15, -0.1) is 0 Å². The molecule has 1 aromatic carbocycles. The lowest BCUT2D eigenvalue weighted by molar-refractivity contribution is -0.123. The summed E-state index contributed by atoms with van der Waals surface area (Å²) in [7, 11) is -3.70. The molecule has 0 aromatic heterocycles. The molecule has 5 nitrogen and oxygen atoms in total. The Morgan fingerprint density at radius 2 is 2.11 bits per heavy atom. The Morgan fingerprint density at radius 3 is 2.63 bits per heavy atom. The fraction of sp³-hybridized carbons (Fsp3) is 0.462. The predicted octanol–water partition coefficient (Wildman–Crippen LogP) is 0.996. The number of primary sulfonamides is 1. The minimum atomic E-state index is -3.70. The van der Waals surface area contributed by atoms with E-state index in [1.165, 1.54) is 12.1 Å². The molecule has 0 saturated heterocycles. The van der Waals surface area contributed by atoms with E-state index in [1.54, 1.807) is 12.1 Å². The second-order valence-corrected chi connectivity index (χ2v) is 7.22. The first-order valence-corrected chi connectivity index (χ1v) is 7.64. The third-order valence-electron chi connectivity index (χ3n) is 3.52. The molecule has 0 bridgehead atoms. The SMILES string of the molecule is CC1(C)CC1C(=O)NCc1cccc(S(N)(=O)=O)c1. The second kappa shape index (κ2) is 4.61. The molecule has 3 N–H and O–H groups in total. The van der Waals surface area contributed by atoms with Crippen molar-refractivity contribution < 1.29 is 13.2 Å². The standard InChI is InChI=1S/C13H18N2O3S/c1-13(2)7-11(13)12(16)15-8-9-4-3-5-10(6-9)19(14,17)18/h3-6,11H,7-8H2,1-2H3,(H,15,16)(H2,14,17,18). The molecule has 0 radical (unpaired) electrons. The number of carbonyl (C=O) groups excluding carboxylic acids is 1. The smallest absolute Gasteiger partial charge is 0.238 e. The van der Waals surface area contributed by atoms with Crippen LogP contribution in [0.4, 0.5) is 0 Å². The van der Waals surface area contributed by atoms with Crippen LogP contribution >= 0.6 is 0 Å². The fourth-order valence-corrected chi connectivity index (χ4v) is 2.64. The van der Waals surface area contributed by atoms with Crippen molar-refractivity contribution in [3.63, 3.8) is 0 Å². The van der Waals surface area contributed by atoms with Gasteiger partial charge in [0.25, 0.3) is 0 Å². The average Bonchev–Trinajstić information content (AvgIpc) is 2.95. The first kappa shape index (κ1) is 14.0. The van der Waals surface area contributed by atoms with Crippen molar-refractivity contribution in [3.8, 4) is 0 Å². The summed E-state index contributed by atoms with van der Waals surface area (Å²) in [6, 6.07) is 6.29. The van der Waals surface area contributed by atoms with Gasteiger partial charge in [0, 0.05) is 12.5 Å². The Kier molecular flexibility index (Phi) is 3.40. The molecule has 104 valence electrons. The lowest BCUT2D eigenvalue weighted by Gasteiger charge is -2.07. The summed E-state index contributed by atoms with van der Waals surface area (Å²) in [4.78, 5) is 11.9. The molecule has 1 aliphatic carbocycles. The molecular formula is C13H18N2O3S. The Balaban J connectivity index is 1.99. The van der Waals surface area contributed by atoms with Gasteiger partial charge in [-0.2, -0.15) is 0 Å². The molecule has 1 aromatic rings. The topological polar surface area (TPSA) is 89.3 Å². The molecule has 1 aliphatic rings. The Morgan fingerprint density at radius 1 is 1.47 bits per heavy atom. The zero-order valence-corrected chi connectivity index (χ0v) is 11.8. The van der Waals surface area contributed by atoms with Crippen LogP contribution in [0.5, 0.6) is 0 Å². The Labute approximate surface area is 113 Å². The van der Waals surface area contributed by atoms with Crippen molar-refractivity contribution in [1.82, 2.24) is 5.32 Å². The van der Waals surface area contributed by atoms with Crippen LogP contribution in [0.15, 0.2) is 29.2 Å². The van der Waals surface area contributed by atoms with E-state index < -0.39 is 10.0 Å². The maximum atomic E-state index is 11.8. The quantitative estimate of drug-likeness (QED) is 0.863. The van der Waals surface area contributed by atoms with Gasteiger partial charge in [0.15, 0.2) is 0 Å². The summed E-state index contributed by atoms with van der Waals surface area (Å²) in [6.07, 6.45) is 0.899. The summed E-state index contributed by atoms with van der Waals surface area (Å²) < 4.78 is 22.4. The van der Waals surface area contributed by atoms with Crippen molar-refractivity contribution in [2.45, 2.75) is 31.7 Å². The highest BCUT2D eigenvalue weighted by Gasteiger charge is 2.50. The fourth-order valence-electron chi connectivity index (χ4n) is 2.06. The molecule has 0 heterocycles. The zero-order chi connectivity index (χ0) is 14.3. The van der Waals surface area contributed by atoms with Crippen LogP contribution in [0.1, 0.15) is 25.8 Å². The molecule has 19 heavy (non-hydrogen) atoms. The van der Waals surface area contributed by atoms with Crippen LogP contribution in [0.3, 0.4) is 0 Å².